The van der Waals surface area contributed by atoms with E-state index in [0.29, 0.717) is 11.3 Å². The zero-order valence-electron chi connectivity index (χ0n) is 9.88. The topological polar surface area (TPSA) is 63.4 Å². The maximum Gasteiger partial charge on any atom is 0.250 e. The SMILES string of the molecule is C#CCN(c1ccccc1C(N)=O)P(C)(C)=O. The normalized spacial score (nSPS) is 10.6. The first kappa shape index (κ1) is 13.3. The number of terminal acetylenes is 1. The van der Waals surface area contributed by atoms with Crippen LogP contribution in [0.2, 0.25) is 0 Å². The van der Waals surface area contributed by atoms with Crippen LogP contribution in [0.1, 0.15) is 10.4 Å². The minimum absolute atomic E-state index is 0.175. The van der Waals surface area contributed by atoms with Crippen molar-refractivity contribution < 1.29 is 9.36 Å². The highest BCUT2D eigenvalue weighted by Crippen LogP contribution is 2.45. The maximum absolute atomic E-state index is 12.2. The first-order valence-corrected chi connectivity index (χ1v) is 7.58. The van der Waals surface area contributed by atoms with E-state index < -0.39 is 13.2 Å². The summed E-state index contributed by atoms with van der Waals surface area (Å²) in [5.41, 5.74) is 6.13. The molecule has 0 spiro atoms. The van der Waals surface area contributed by atoms with Gasteiger partial charge in [0.2, 0.25) is 0 Å². The van der Waals surface area contributed by atoms with E-state index in [1.54, 1.807) is 42.3 Å². The molecule has 0 saturated heterocycles. The molecule has 2 N–H and O–H groups in total. The Morgan fingerprint density at radius 3 is 2.53 bits per heavy atom. The molecule has 1 amide bonds. The third-order valence-corrected chi connectivity index (χ3v) is 3.79. The Labute approximate surface area is 101 Å². The summed E-state index contributed by atoms with van der Waals surface area (Å²) in [7, 11) is -2.60. The van der Waals surface area contributed by atoms with Crippen LogP contribution >= 0.6 is 7.29 Å². The Kier molecular flexibility index (Phi) is 3.98. The second-order valence-electron chi connectivity index (χ2n) is 3.94. The number of carbonyl (C=O) groups is 1. The number of primary amides is 1. The summed E-state index contributed by atoms with van der Waals surface area (Å²) in [6, 6.07) is 6.74. The summed E-state index contributed by atoms with van der Waals surface area (Å²) in [5, 5.41) is 0. The Bertz CT molecular complexity index is 513. The second kappa shape index (κ2) is 5.07. The van der Waals surface area contributed by atoms with Crippen LogP contribution in [0.25, 0.3) is 0 Å². The molecule has 0 aliphatic carbocycles. The van der Waals surface area contributed by atoms with Crippen molar-refractivity contribution in [2.75, 3.05) is 24.5 Å². The zero-order chi connectivity index (χ0) is 13.1. The number of benzene rings is 1. The van der Waals surface area contributed by atoms with Gasteiger partial charge in [-0.3, -0.25) is 4.79 Å². The van der Waals surface area contributed by atoms with Gasteiger partial charge in [0.1, 0.15) is 0 Å². The average Bonchev–Trinajstić information content (AvgIpc) is 2.24. The van der Waals surface area contributed by atoms with Crippen LogP contribution in [0.4, 0.5) is 5.69 Å². The molecule has 1 rings (SSSR count). The summed E-state index contributed by atoms with van der Waals surface area (Å²) in [5.74, 6) is 1.88. The fourth-order valence-electron chi connectivity index (χ4n) is 1.51. The molecule has 0 aliphatic heterocycles. The van der Waals surface area contributed by atoms with Gasteiger partial charge in [0.25, 0.3) is 5.91 Å². The van der Waals surface area contributed by atoms with Crippen molar-refractivity contribution in [3.05, 3.63) is 29.8 Å². The van der Waals surface area contributed by atoms with Crippen LogP contribution in [-0.2, 0) is 4.57 Å². The monoisotopic (exact) mass is 250 g/mol. The minimum Gasteiger partial charge on any atom is -0.366 e. The number of carbonyl (C=O) groups excluding carboxylic acids is 1. The lowest BCUT2D eigenvalue weighted by molar-refractivity contribution is 0.100. The Morgan fingerprint density at radius 1 is 1.47 bits per heavy atom. The van der Waals surface area contributed by atoms with E-state index in [1.165, 1.54) is 0 Å². The van der Waals surface area contributed by atoms with Gasteiger partial charge in [0.05, 0.1) is 17.8 Å². The molecule has 0 aromatic heterocycles. The number of para-hydroxylation sites is 1. The Hall–Kier alpha value is -1.72. The number of nitrogens with two attached hydrogens (primary N) is 1. The number of anilines is 1. The molecule has 1 aromatic carbocycles. The van der Waals surface area contributed by atoms with Crippen LogP contribution in [0.15, 0.2) is 24.3 Å². The number of hydrogen-bond donors (Lipinski definition) is 1. The fourth-order valence-corrected chi connectivity index (χ4v) is 2.62. The van der Waals surface area contributed by atoms with Crippen molar-refractivity contribution in [1.29, 1.82) is 0 Å². The molecule has 4 nitrogen and oxygen atoms in total. The molecule has 0 atom stereocenters. The van der Waals surface area contributed by atoms with Crippen LogP contribution in [-0.4, -0.2) is 25.8 Å². The van der Waals surface area contributed by atoms with Gasteiger partial charge in [-0.05, 0) is 12.1 Å². The fraction of sp³-hybridized carbons (Fsp3) is 0.250. The third-order valence-electron chi connectivity index (χ3n) is 2.27. The predicted molar refractivity (Wildman–Crippen MR) is 70.6 cm³/mol. The highest BCUT2D eigenvalue weighted by molar-refractivity contribution is 7.64. The summed E-state index contributed by atoms with van der Waals surface area (Å²) in [6.07, 6.45) is 5.26. The van der Waals surface area contributed by atoms with E-state index in [2.05, 4.69) is 5.92 Å². The highest BCUT2D eigenvalue weighted by Gasteiger charge is 2.22. The molecule has 0 bridgehead atoms. The van der Waals surface area contributed by atoms with Gasteiger partial charge in [-0.25, -0.2) is 0 Å². The number of hydrogen-bond acceptors (Lipinski definition) is 2. The lowest BCUT2D eigenvalue weighted by Crippen LogP contribution is -2.23. The summed E-state index contributed by atoms with van der Waals surface area (Å²) >= 11 is 0. The number of nitrogens with zero attached hydrogens (tertiary/aromatic N) is 1. The molecule has 17 heavy (non-hydrogen) atoms. The van der Waals surface area contributed by atoms with Crippen LogP contribution < -0.4 is 10.4 Å². The number of rotatable bonds is 4. The minimum atomic E-state index is -2.60. The van der Waals surface area contributed by atoms with E-state index in [4.69, 9.17) is 12.2 Å². The van der Waals surface area contributed by atoms with Gasteiger partial charge in [0.15, 0.2) is 7.29 Å². The van der Waals surface area contributed by atoms with Crippen molar-refractivity contribution in [2.45, 2.75) is 0 Å². The van der Waals surface area contributed by atoms with Gasteiger partial charge in [-0.2, -0.15) is 0 Å². The van der Waals surface area contributed by atoms with Crippen molar-refractivity contribution in [3.8, 4) is 12.3 Å². The lowest BCUT2D eigenvalue weighted by Gasteiger charge is -2.28. The molecule has 0 unspecified atom stereocenters. The van der Waals surface area contributed by atoms with Crippen molar-refractivity contribution in [1.82, 2.24) is 0 Å². The summed E-state index contributed by atoms with van der Waals surface area (Å²) in [6.45, 7) is 3.37. The van der Waals surface area contributed by atoms with E-state index in [0.717, 1.165) is 0 Å². The van der Waals surface area contributed by atoms with E-state index in [9.17, 15) is 9.36 Å². The van der Waals surface area contributed by atoms with Gasteiger partial charge >= 0.3 is 0 Å². The highest BCUT2D eigenvalue weighted by atomic mass is 31.2. The van der Waals surface area contributed by atoms with E-state index >= 15 is 0 Å². The van der Waals surface area contributed by atoms with Crippen molar-refractivity contribution >= 4 is 18.9 Å². The second-order valence-corrected chi connectivity index (χ2v) is 7.01. The maximum atomic E-state index is 12.2. The lowest BCUT2D eigenvalue weighted by atomic mass is 10.1. The van der Waals surface area contributed by atoms with Crippen LogP contribution in [0, 0.1) is 12.3 Å². The summed E-state index contributed by atoms with van der Waals surface area (Å²) in [4.78, 5) is 11.3. The molecular weight excluding hydrogens is 235 g/mol. The molecule has 0 radical (unpaired) electrons. The summed E-state index contributed by atoms with van der Waals surface area (Å²) < 4.78 is 13.7. The van der Waals surface area contributed by atoms with Gasteiger partial charge in [-0.1, -0.05) is 18.1 Å². The molecule has 1 aromatic rings. The van der Waals surface area contributed by atoms with Gasteiger partial charge in [0, 0.05) is 13.3 Å². The average molecular weight is 250 g/mol. The smallest absolute Gasteiger partial charge is 0.250 e. The van der Waals surface area contributed by atoms with Gasteiger partial charge in [-0.15, -0.1) is 6.42 Å². The molecule has 90 valence electrons. The molecule has 5 heteroatoms. The third kappa shape index (κ3) is 3.12. The zero-order valence-corrected chi connectivity index (χ0v) is 10.8. The molecule has 0 saturated carbocycles. The van der Waals surface area contributed by atoms with Gasteiger partial charge < -0.3 is 15.0 Å². The predicted octanol–water partition coefficient (Wildman–Crippen LogP) is 1.76. The first-order chi connectivity index (χ1) is 7.88. The van der Waals surface area contributed by atoms with Crippen LogP contribution in [0.5, 0.6) is 0 Å². The standard InChI is InChI=1S/C12H15N2O2P/c1-4-9-14(17(2,3)16)11-8-6-5-7-10(11)12(13)15/h1,5-8H,9H2,2-3H3,(H2,13,15). The largest absolute Gasteiger partial charge is 0.366 e. The van der Waals surface area contributed by atoms with Crippen molar-refractivity contribution in [2.24, 2.45) is 5.73 Å². The van der Waals surface area contributed by atoms with E-state index in [1.807, 2.05) is 0 Å². The molecular formula is C12H15N2O2P. The quantitative estimate of drug-likeness (QED) is 0.654. The molecule has 0 aliphatic rings. The van der Waals surface area contributed by atoms with Crippen LogP contribution in [0.3, 0.4) is 0 Å². The first-order valence-electron chi connectivity index (χ1n) is 5.03. The molecule has 0 fully saturated rings. The number of amides is 1. The molecule has 0 heterocycles. The Morgan fingerprint density at radius 2 is 2.06 bits per heavy atom. The Balaban J connectivity index is 3.34. The van der Waals surface area contributed by atoms with Crippen molar-refractivity contribution in [3.63, 3.8) is 0 Å². The van der Waals surface area contributed by atoms with E-state index in [-0.39, 0.29) is 6.54 Å².